The zero-order chi connectivity index (χ0) is 14.7. The van der Waals surface area contributed by atoms with Crippen molar-refractivity contribution in [3.05, 3.63) is 30.5 Å². The molecule has 0 atom stereocenters. The van der Waals surface area contributed by atoms with Gasteiger partial charge in [-0.25, -0.2) is 0 Å². The van der Waals surface area contributed by atoms with Crippen molar-refractivity contribution in [3.8, 4) is 0 Å². The standard InChI is InChI=1S/C17H23N3O.ClH/c1-2-10-20-11-7-13-3-4-15(12-16(13)20)19-17(21)14-5-8-18-9-6-14;/h3-4,7,11-12,14,18H,2,5-6,8-10H2,1H3,(H,19,21);1H. The molecule has 2 heterocycles. The van der Waals surface area contributed by atoms with Crippen LogP contribution in [0.4, 0.5) is 5.69 Å². The number of amides is 1. The molecule has 120 valence electrons. The normalized spacial score (nSPS) is 15.5. The third kappa shape index (κ3) is 3.62. The third-order valence-corrected chi connectivity index (χ3v) is 4.22. The lowest BCUT2D eigenvalue weighted by molar-refractivity contribution is -0.120. The lowest BCUT2D eigenvalue weighted by atomic mass is 9.97. The van der Waals surface area contributed by atoms with Gasteiger partial charge in [0.1, 0.15) is 0 Å². The van der Waals surface area contributed by atoms with E-state index in [9.17, 15) is 4.79 Å². The molecule has 1 aromatic heterocycles. The first-order valence-electron chi connectivity index (χ1n) is 7.88. The monoisotopic (exact) mass is 321 g/mol. The van der Waals surface area contributed by atoms with Crippen molar-refractivity contribution in [2.45, 2.75) is 32.7 Å². The van der Waals surface area contributed by atoms with Crippen LogP contribution in [0.5, 0.6) is 0 Å². The van der Waals surface area contributed by atoms with Gasteiger partial charge in [0.15, 0.2) is 0 Å². The van der Waals surface area contributed by atoms with Gasteiger partial charge in [-0.3, -0.25) is 4.79 Å². The van der Waals surface area contributed by atoms with Crippen molar-refractivity contribution >= 4 is 34.9 Å². The summed E-state index contributed by atoms with van der Waals surface area (Å²) in [6.07, 6.45) is 5.09. The molecule has 0 aliphatic carbocycles. The molecule has 4 nitrogen and oxygen atoms in total. The highest BCUT2D eigenvalue weighted by atomic mass is 35.5. The summed E-state index contributed by atoms with van der Waals surface area (Å²) < 4.78 is 2.25. The quantitative estimate of drug-likeness (QED) is 0.906. The summed E-state index contributed by atoms with van der Waals surface area (Å²) in [5.74, 6) is 0.300. The Kier molecular flexibility index (Phi) is 5.86. The SMILES string of the molecule is CCCn1ccc2ccc(NC(=O)C3CCNCC3)cc21.Cl. The van der Waals surface area contributed by atoms with E-state index in [1.165, 1.54) is 10.9 Å². The van der Waals surface area contributed by atoms with Crippen LogP contribution < -0.4 is 10.6 Å². The lowest BCUT2D eigenvalue weighted by Gasteiger charge is -2.21. The van der Waals surface area contributed by atoms with Gasteiger partial charge < -0.3 is 15.2 Å². The van der Waals surface area contributed by atoms with Gasteiger partial charge in [0, 0.05) is 24.3 Å². The number of hydrogen-bond donors (Lipinski definition) is 2. The molecule has 1 amide bonds. The van der Waals surface area contributed by atoms with E-state index in [0.717, 1.165) is 44.6 Å². The first-order valence-corrected chi connectivity index (χ1v) is 7.88. The molecule has 22 heavy (non-hydrogen) atoms. The van der Waals surface area contributed by atoms with E-state index in [4.69, 9.17) is 0 Å². The maximum Gasteiger partial charge on any atom is 0.227 e. The number of carbonyl (C=O) groups is 1. The minimum atomic E-state index is 0. The van der Waals surface area contributed by atoms with Crippen LogP contribution in [0.2, 0.25) is 0 Å². The van der Waals surface area contributed by atoms with Gasteiger partial charge in [-0.15, -0.1) is 12.4 Å². The summed E-state index contributed by atoms with van der Waals surface area (Å²) >= 11 is 0. The van der Waals surface area contributed by atoms with Crippen LogP contribution in [-0.4, -0.2) is 23.6 Å². The Hall–Kier alpha value is -1.52. The van der Waals surface area contributed by atoms with Gasteiger partial charge in [0.25, 0.3) is 0 Å². The number of halogens is 1. The van der Waals surface area contributed by atoms with Crippen molar-refractivity contribution in [2.24, 2.45) is 5.92 Å². The smallest absolute Gasteiger partial charge is 0.227 e. The van der Waals surface area contributed by atoms with E-state index >= 15 is 0 Å². The molecule has 1 aliphatic rings. The molecule has 0 spiro atoms. The predicted octanol–water partition coefficient (Wildman–Crippen LogP) is 3.41. The average molecular weight is 322 g/mol. The lowest BCUT2D eigenvalue weighted by Crippen LogP contribution is -2.34. The van der Waals surface area contributed by atoms with Crippen molar-refractivity contribution in [1.29, 1.82) is 0 Å². The van der Waals surface area contributed by atoms with Crippen molar-refractivity contribution in [2.75, 3.05) is 18.4 Å². The zero-order valence-electron chi connectivity index (χ0n) is 13.0. The minimum Gasteiger partial charge on any atom is -0.347 e. The average Bonchev–Trinajstić information content (AvgIpc) is 2.91. The second-order valence-electron chi connectivity index (χ2n) is 5.80. The molecule has 0 radical (unpaired) electrons. The first kappa shape index (κ1) is 16.8. The van der Waals surface area contributed by atoms with E-state index in [1.54, 1.807) is 0 Å². The van der Waals surface area contributed by atoms with Crippen LogP contribution >= 0.6 is 12.4 Å². The molecule has 0 unspecified atom stereocenters. The second-order valence-corrected chi connectivity index (χ2v) is 5.80. The molecule has 1 fully saturated rings. The number of rotatable bonds is 4. The molecule has 5 heteroatoms. The summed E-state index contributed by atoms with van der Waals surface area (Å²) in [5, 5.41) is 7.60. The predicted molar refractivity (Wildman–Crippen MR) is 93.7 cm³/mol. The summed E-state index contributed by atoms with van der Waals surface area (Å²) in [6.45, 7) is 5.07. The Morgan fingerprint density at radius 1 is 1.32 bits per heavy atom. The van der Waals surface area contributed by atoms with E-state index in [0.29, 0.717) is 0 Å². The van der Waals surface area contributed by atoms with E-state index in [-0.39, 0.29) is 24.2 Å². The number of benzene rings is 1. The number of carbonyl (C=O) groups excluding carboxylic acids is 1. The Labute approximate surface area is 137 Å². The van der Waals surface area contributed by atoms with E-state index < -0.39 is 0 Å². The topological polar surface area (TPSA) is 46.1 Å². The van der Waals surface area contributed by atoms with Gasteiger partial charge in [0.2, 0.25) is 5.91 Å². The van der Waals surface area contributed by atoms with Crippen LogP contribution in [0.1, 0.15) is 26.2 Å². The number of fused-ring (bicyclic) bond motifs is 1. The molecular weight excluding hydrogens is 298 g/mol. The summed E-state index contributed by atoms with van der Waals surface area (Å²) in [4.78, 5) is 12.3. The highest BCUT2D eigenvalue weighted by Gasteiger charge is 2.20. The third-order valence-electron chi connectivity index (χ3n) is 4.22. The fraction of sp³-hybridized carbons (Fsp3) is 0.471. The van der Waals surface area contributed by atoms with E-state index in [1.807, 2.05) is 6.07 Å². The second kappa shape index (κ2) is 7.65. The van der Waals surface area contributed by atoms with Crippen LogP contribution in [0.3, 0.4) is 0 Å². The Morgan fingerprint density at radius 3 is 2.82 bits per heavy atom. The molecule has 0 saturated carbocycles. The molecule has 1 aromatic carbocycles. The summed E-state index contributed by atoms with van der Waals surface area (Å²) in [6, 6.07) is 8.30. The number of piperidine rings is 1. The van der Waals surface area contributed by atoms with Gasteiger partial charge in [-0.2, -0.15) is 0 Å². The molecule has 1 aliphatic heterocycles. The Balaban J connectivity index is 0.00000176. The van der Waals surface area contributed by atoms with Crippen LogP contribution in [0.25, 0.3) is 10.9 Å². The van der Waals surface area contributed by atoms with E-state index in [2.05, 4.69) is 46.5 Å². The maximum absolute atomic E-state index is 12.3. The molecule has 1 saturated heterocycles. The first-order chi connectivity index (χ1) is 10.3. The number of nitrogens with one attached hydrogen (secondary N) is 2. The number of aryl methyl sites for hydroxylation is 1. The largest absolute Gasteiger partial charge is 0.347 e. The summed E-state index contributed by atoms with van der Waals surface area (Å²) in [7, 11) is 0. The van der Waals surface area contributed by atoms with Crippen LogP contribution in [-0.2, 0) is 11.3 Å². The number of aromatic nitrogens is 1. The summed E-state index contributed by atoms with van der Waals surface area (Å²) in [5.41, 5.74) is 2.10. The number of nitrogens with zero attached hydrogens (tertiary/aromatic N) is 1. The molecule has 2 aromatic rings. The van der Waals surface area contributed by atoms with Gasteiger partial charge in [-0.1, -0.05) is 13.0 Å². The fourth-order valence-corrected chi connectivity index (χ4v) is 3.03. The molecule has 2 N–H and O–H groups in total. The van der Waals surface area contributed by atoms with Crippen LogP contribution in [0, 0.1) is 5.92 Å². The fourth-order valence-electron chi connectivity index (χ4n) is 3.03. The van der Waals surface area contributed by atoms with Gasteiger partial charge in [-0.05, 0) is 55.9 Å². The highest BCUT2D eigenvalue weighted by Crippen LogP contribution is 2.22. The van der Waals surface area contributed by atoms with Crippen LogP contribution in [0.15, 0.2) is 30.5 Å². The van der Waals surface area contributed by atoms with Crippen molar-refractivity contribution in [3.63, 3.8) is 0 Å². The minimum absolute atomic E-state index is 0. The molecule has 3 rings (SSSR count). The molecular formula is C17H24ClN3O. The Bertz CT molecular complexity index is 632. The zero-order valence-corrected chi connectivity index (χ0v) is 13.8. The van der Waals surface area contributed by atoms with Crippen molar-refractivity contribution < 1.29 is 4.79 Å². The molecule has 0 bridgehead atoms. The van der Waals surface area contributed by atoms with Crippen molar-refractivity contribution in [1.82, 2.24) is 9.88 Å². The number of hydrogen-bond acceptors (Lipinski definition) is 2. The highest BCUT2D eigenvalue weighted by molar-refractivity contribution is 5.95. The Morgan fingerprint density at radius 2 is 2.09 bits per heavy atom. The van der Waals surface area contributed by atoms with Gasteiger partial charge >= 0.3 is 0 Å². The number of anilines is 1. The maximum atomic E-state index is 12.3. The van der Waals surface area contributed by atoms with Gasteiger partial charge in [0.05, 0.1) is 5.52 Å².